The second kappa shape index (κ2) is 4.80. The molecule has 0 N–H and O–H groups in total. The first-order valence-corrected chi connectivity index (χ1v) is 5.65. The Hall–Kier alpha value is -1.13. The molecule has 0 unspecified atom stereocenters. The molecule has 0 aromatic carbocycles. The Morgan fingerprint density at radius 2 is 2.12 bits per heavy atom. The predicted octanol–water partition coefficient (Wildman–Crippen LogP) is 1.40. The summed E-state index contributed by atoms with van der Waals surface area (Å²) in [5, 5.41) is 0.447. The SMILES string of the molecule is CN1CCC(=O)N(c2ccc(Cl)nc2)CC1. The molecule has 1 aliphatic rings. The van der Waals surface area contributed by atoms with E-state index in [4.69, 9.17) is 11.6 Å². The molecule has 1 fully saturated rings. The van der Waals surface area contributed by atoms with Crippen LogP contribution in [0.25, 0.3) is 0 Å². The van der Waals surface area contributed by atoms with Gasteiger partial charge >= 0.3 is 0 Å². The van der Waals surface area contributed by atoms with E-state index in [0.717, 1.165) is 18.8 Å². The number of rotatable bonds is 1. The van der Waals surface area contributed by atoms with Crippen molar-refractivity contribution in [3.8, 4) is 0 Å². The molecule has 2 heterocycles. The Balaban J connectivity index is 2.18. The van der Waals surface area contributed by atoms with Gasteiger partial charge in [-0.1, -0.05) is 11.6 Å². The van der Waals surface area contributed by atoms with Gasteiger partial charge in [0.1, 0.15) is 5.15 Å². The van der Waals surface area contributed by atoms with Crippen LogP contribution in [0.2, 0.25) is 5.15 Å². The number of carbonyl (C=O) groups is 1. The minimum absolute atomic E-state index is 0.147. The van der Waals surface area contributed by atoms with E-state index < -0.39 is 0 Å². The van der Waals surface area contributed by atoms with Gasteiger partial charge in [0.15, 0.2) is 0 Å². The Kier molecular flexibility index (Phi) is 3.41. The van der Waals surface area contributed by atoms with Gasteiger partial charge < -0.3 is 9.80 Å². The quantitative estimate of drug-likeness (QED) is 0.696. The highest BCUT2D eigenvalue weighted by Gasteiger charge is 2.20. The zero-order valence-electron chi connectivity index (χ0n) is 9.19. The molecule has 1 aliphatic heterocycles. The number of anilines is 1. The Bertz CT molecular complexity index is 379. The van der Waals surface area contributed by atoms with E-state index in [1.54, 1.807) is 17.2 Å². The summed E-state index contributed by atoms with van der Waals surface area (Å²) in [6.45, 7) is 2.41. The molecule has 1 saturated heterocycles. The molecule has 1 amide bonds. The zero-order valence-corrected chi connectivity index (χ0v) is 9.94. The van der Waals surface area contributed by atoms with Gasteiger partial charge in [0, 0.05) is 26.1 Å². The van der Waals surface area contributed by atoms with Crippen molar-refractivity contribution in [3.05, 3.63) is 23.5 Å². The van der Waals surface area contributed by atoms with Crippen LogP contribution in [0, 0.1) is 0 Å². The molecule has 86 valence electrons. The lowest BCUT2D eigenvalue weighted by molar-refractivity contribution is -0.118. The normalized spacial score (nSPS) is 18.6. The fourth-order valence-corrected chi connectivity index (χ4v) is 1.84. The molecular formula is C11H14ClN3O. The smallest absolute Gasteiger partial charge is 0.228 e. The molecule has 0 spiro atoms. The number of likely N-dealkylation sites (N-methyl/N-ethyl adjacent to an activating group) is 1. The minimum Gasteiger partial charge on any atom is -0.310 e. The van der Waals surface area contributed by atoms with Gasteiger partial charge in [-0.25, -0.2) is 4.98 Å². The summed E-state index contributed by atoms with van der Waals surface area (Å²) in [5.41, 5.74) is 0.824. The van der Waals surface area contributed by atoms with Crippen molar-refractivity contribution < 1.29 is 4.79 Å². The number of hydrogen-bond donors (Lipinski definition) is 0. The van der Waals surface area contributed by atoms with Gasteiger partial charge in [0.25, 0.3) is 0 Å². The fraction of sp³-hybridized carbons (Fsp3) is 0.455. The first kappa shape index (κ1) is 11.4. The van der Waals surface area contributed by atoms with E-state index in [1.165, 1.54) is 0 Å². The topological polar surface area (TPSA) is 36.4 Å². The summed E-state index contributed by atoms with van der Waals surface area (Å²) in [6.07, 6.45) is 2.20. The average molecular weight is 240 g/mol. The summed E-state index contributed by atoms with van der Waals surface area (Å²) in [6, 6.07) is 3.54. The molecule has 5 heteroatoms. The standard InChI is InChI=1S/C11H14ClN3O/c1-14-5-4-11(16)15(7-6-14)9-2-3-10(12)13-8-9/h2-3,8H,4-7H2,1H3. The lowest BCUT2D eigenvalue weighted by Crippen LogP contribution is -2.32. The van der Waals surface area contributed by atoms with Crippen LogP contribution >= 0.6 is 11.6 Å². The van der Waals surface area contributed by atoms with Crippen molar-refractivity contribution in [1.82, 2.24) is 9.88 Å². The third kappa shape index (κ3) is 2.51. The van der Waals surface area contributed by atoms with E-state index in [1.807, 2.05) is 13.1 Å². The number of nitrogens with zero attached hydrogens (tertiary/aromatic N) is 3. The number of amides is 1. The van der Waals surface area contributed by atoms with Crippen molar-refractivity contribution in [2.75, 3.05) is 31.6 Å². The van der Waals surface area contributed by atoms with Crippen LogP contribution in [-0.4, -0.2) is 42.5 Å². The molecule has 0 atom stereocenters. The maximum Gasteiger partial charge on any atom is 0.228 e. The third-order valence-electron chi connectivity index (χ3n) is 2.74. The van der Waals surface area contributed by atoms with Gasteiger partial charge in [0.05, 0.1) is 11.9 Å². The second-order valence-corrected chi connectivity index (χ2v) is 4.33. The highest BCUT2D eigenvalue weighted by Crippen LogP contribution is 2.17. The van der Waals surface area contributed by atoms with Crippen LogP contribution in [0.4, 0.5) is 5.69 Å². The first-order valence-electron chi connectivity index (χ1n) is 5.27. The van der Waals surface area contributed by atoms with Crippen LogP contribution in [0.3, 0.4) is 0 Å². The van der Waals surface area contributed by atoms with Crippen molar-refractivity contribution in [2.24, 2.45) is 0 Å². The van der Waals surface area contributed by atoms with E-state index >= 15 is 0 Å². The van der Waals surface area contributed by atoms with Gasteiger partial charge in [-0.15, -0.1) is 0 Å². The van der Waals surface area contributed by atoms with E-state index in [9.17, 15) is 4.79 Å². The summed E-state index contributed by atoms with van der Waals surface area (Å²) >= 11 is 5.72. The van der Waals surface area contributed by atoms with Crippen LogP contribution in [0.1, 0.15) is 6.42 Å². The van der Waals surface area contributed by atoms with Crippen LogP contribution in [-0.2, 0) is 4.79 Å². The van der Waals surface area contributed by atoms with Gasteiger partial charge in [-0.2, -0.15) is 0 Å². The Morgan fingerprint density at radius 1 is 1.31 bits per heavy atom. The highest BCUT2D eigenvalue weighted by molar-refractivity contribution is 6.29. The number of carbonyl (C=O) groups excluding carboxylic acids is 1. The Morgan fingerprint density at radius 3 is 2.81 bits per heavy atom. The molecule has 1 aromatic heterocycles. The van der Waals surface area contributed by atoms with Crippen molar-refractivity contribution in [2.45, 2.75) is 6.42 Å². The molecule has 0 saturated carbocycles. The number of pyridine rings is 1. The van der Waals surface area contributed by atoms with Crippen molar-refractivity contribution >= 4 is 23.2 Å². The summed E-state index contributed by atoms with van der Waals surface area (Å²) < 4.78 is 0. The fourth-order valence-electron chi connectivity index (χ4n) is 1.73. The van der Waals surface area contributed by atoms with E-state index in [2.05, 4.69) is 9.88 Å². The Labute approximate surface area is 99.8 Å². The second-order valence-electron chi connectivity index (χ2n) is 3.94. The van der Waals surface area contributed by atoms with Crippen molar-refractivity contribution in [1.29, 1.82) is 0 Å². The van der Waals surface area contributed by atoms with Gasteiger partial charge in [-0.3, -0.25) is 4.79 Å². The molecule has 0 radical (unpaired) electrons. The number of hydrogen-bond acceptors (Lipinski definition) is 3. The number of halogens is 1. The summed E-state index contributed by atoms with van der Waals surface area (Å²) in [5.74, 6) is 0.147. The molecule has 0 bridgehead atoms. The van der Waals surface area contributed by atoms with Gasteiger partial charge in [-0.05, 0) is 19.2 Å². The van der Waals surface area contributed by atoms with E-state index in [0.29, 0.717) is 18.1 Å². The van der Waals surface area contributed by atoms with Crippen LogP contribution in [0.5, 0.6) is 0 Å². The summed E-state index contributed by atoms with van der Waals surface area (Å²) in [7, 11) is 2.02. The van der Waals surface area contributed by atoms with Crippen LogP contribution in [0.15, 0.2) is 18.3 Å². The monoisotopic (exact) mass is 239 g/mol. The molecule has 1 aromatic rings. The molecule has 0 aliphatic carbocycles. The van der Waals surface area contributed by atoms with Crippen LogP contribution < -0.4 is 4.90 Å². The average Bonchev–Trinajstić information content (AvgIpc) is 2.44. The number of aromatic nitrogens is 1. The van der Waals surface area contributed by atoms with Gasteiger partial charge in [0.2, 0.25) is 5.91 Å². The van der Waals surface area contributed by atoms with E-state index in [-0.39, 0.29) is 5.91 Å². The largest absolute Gasteiger partial charge is 0.310 e. The first-order chi connectivity index (χ1) is 7.66. The zero-order chi connectivity index (χ0) is 11.5. The minimum atomic E-state index is 0.147. The maximum atomic E-state index is 11.9. The molecule has 2 rings (SSSR count). The maximum absolute atomic E-state index is 11.9. The predicted molar refractivity (Wildman–Crippen MR) is 63.7 cm³/mol. The molecular weight excluding hydrogens is 226 g/mol. The lowest BCUT2D eigenvalue weighted by atomic mass is 10.3. The highest BCUT2D eigenvalue weighted by atomic mass is 35.5. The lowest BCUT2D eigenvalue weighted by Gasteiger charge is -2.20. The third-order valence-corrected chi connectivity index (χ3v) is 2.96. The molecule has 4 nitrogen and oxygen atoms in total. The molecule has 16 heavy (non-hydrogen) atoms. The van der Waals surface area contributed by atoms with Crippen molar-refractivity contribution in [3.63, 3.8) is 0 Å². The summed E-state index contributed by atoms with van der Waals surface area (Å²) in [4.78, 5) is 19.8.